The Balaban J connectivity index is 2.15. The molecule has 2 heterocycles. The summed E-state index contributed by atoms with van der Waals surface area (Å²) >= 11 is 1.20. The number of nitrogens with zero attached hydrogens (tertiary/aromatic N) is 1. The van der Waals surface area contributed by atoms with Gasteiger partial charge in [0.2, 0.25) is 6.29 Å². The van der Waals surface area contributed by atoms with Gasteiger partial charge in [-0.3, -0.25) is 9.78 Å². The summed E-state index contributed by atoms with van der Waals surface area (Å²) in [5.41, 5.74) is -1.25. The third kappa shape index (κ3) is 3.76. The first kappa shape index (κ1) is 15.8. The van der Waals surface area contributed by atoms with E-state index in [1.807, 2.05) is 0 Å². The van der Waals surface area contributed by atoms with E-state index in [-0.39, 0.29) is 13.0 Å². The van der Waals surface area contributed by atoms with Crippen molar-refractivity contribution in [1.82, 2.24) is 9.71 Å². The van der Waals surface area contributed by atoms with Crippen LogP contribution < -0.4 is 16.1 Å². The molecule has 116 valence electrons. The molecule has 1 saturated heterocycles. The van der Waals surface area contributed by atoms with E-state index in [0.717, 1.165) is 4.73 Å². The summed E-state index contributed by atoms with van der Waals surface area (Å²) in [5, 5.41) is 18.6. The lowest BCUT2D eigenvalue weighted by molar-refractivity contribution is -0.149. The van der Waals surface area contributed by atoms with Crippen LogP contribution in [0.5, 0.6) is 0 Å². The third-order valence-electron chi connectivity index (χ3n) is 2.84. The molecule has 8 nitrogen and oxygen atoms in total. The summed E-state index contributed by atoms with van der Waals surface area (Å²) in [5.74, 6) is 0.506. The molecule has 1 aromatic rings. The van der Waals surface area contributed by atoms with Crippen LogP contribution in [0.1, 0.15) is 6.42 Å². The first-order valence-electron chi connectivity index (χ1n) is 6.26. The highest BCUT2D eigenvalue weighted by atomic mass is 32.2. The summed E-state index contributed by atoms with van der Waals surface area (Å²) in [6.45, 7) is 3.21. The molecule has 0 aliphatic carbocycles. The van der Waals surface area contributed by atoms with Crippen molar-refractivity contribution in [2.75, 3.05) is 12.4 Å². The zero-order valence-corrected chi connectivity index (χ0v) is 11.9. The Morgan fingerprint density at radius 1 is 1.62 bits per heavy atom. The Morgan fingerprint density at radius 3 is 3.00 bits per heavy atom. The zero-order valence-electron chi connectivity index (χ0n) is 11.1. The number of ether oxygens (including phenoxy) is 1. The Hall–Kier alpha value is -1.55. The van der Waals surface area contributed by atoms with E-state index in [4.69, 9.17) is 14.7 Å². The third-order valence-corrected chi connectivity index (χ3v) is 3.84. The summed E-state index contributed by atoms with van der Waals surface area (Å²) < 4.78 is 6.09. The fourth-order valence-electron chi connectivity index (χ4n) is 1.82. The largest absolute Gasteiger partial charge is 0.394 e. The molecule has 0 radical (unpaired) electrons. The van der Waals surface area contributed by atoms with Gasteiger partial charge in [0.25, 0.3) is 5.56 Å². The second kappa shape index (κ2) is 6.94. The van der Waals surface area contributed by atoms with Crippen molar-refractivity contribution in [3.8, 4) is 0 Å². The van der Waals surface area contributed by atoms with Crippen LogP contribution in [0, 0.1) is 0 Å². The van der Waals surface area contributed by atoms with Gasteiger partial charge in [0.15, 0.2) is 0 Å². The average molecular weight is 316 g/mol. The van der Waals surface area contributed by atoms with E-state index in [0.29, 0.717) is 10.6 Å². The normalized spacial score (nSPS) is 25.0. The van der Waals surface area contributed by atoms with Crippen LogP contribution in [0.3, 0.4) is 0 Å². The molecular weight excluding hydrogens is 300 g/mol. The van der Waals surface area contributed by atoms with Gasteiger partial charge in [-0.05, 0) is 0 Å². The fraction of sp³-hybridized carbons (Fsp3) is 0.500. The summed E-state index contributed by atoms with van der Waals surface area (Å²) in [6, 6.07) is 0. The van der Waals surface area contributed by atoms with Crippen molar-refractivity contribution in [3.63, 3.8) is 0 Å². The van der Waals surface area contributed by atoms with Crippen molar-refractivity contribution in [3.05, 3.63) is 39.7 Å². The van der Waals surface area contributed by atoms with Crippen LogP contribution in [0.4, 0.5) is 0 Å². The maximum absolute atomic E-state index is 11.7. The molecule has 0 amide bonds. The van der Waals surface area contributed by atoms with Gasteiger partial charge in [-0.1, -0.05) is 6.08 Å². The van der Waals surface area contributed by atoms with Crippen LogP contribution in [0.15, 0.2) is 33.3 Å². The monoisotopic (exact) mass is 316 g/mol. The maximum Gasteiger partial charge on any atom is 0.361 e. The van der Waals surface area contributed by atoms with Crippen molar-refractivity contribution in [2.24, 2.45) is 0 Å². The molecule has 9 heteroatoms. The Kier molecular flexibility index (Phi) is 5.23. The Bertz CT molecular complexity index is 613. The quantitative estimate of drug-likeness (QED) is 0.442. The molecular formula is C12H16N2O6S. The van der Waals surface area contributed by atoms with E-state index in [2.05, 4.69) is 11.6 Å². The molecule has 0 saturated carbocycles. The summed E-state index contributed by atoms with van der Waals surface area (Å²) in [7, 11) is 0. The lowest BCUT2D eigenvalue weighted by Crippen LogP contribution is -2.38. The Labute approximate surface area is 124 Å². The molecule has 1 aromatic heterocycles. The maximum atomic E-state index is 11.7. The topological polar surface area (TPSA) is 114 Å². The molecule has 0 aromatic carbocycles. The van der Waals surface area contributed by atoms with E-state index < -0.39 is 29.7 Å². The van der Waals surface area contributed by atoms with Gasteiger partial charge in [-0.15, -0.1) is 23.1 Å². The molecule has 21 heavy (non-hydrogen) atoms. The smallest absolute Gasteiger partial charge is 0.361 e. The van der Waals surface area contributed by atoms with Crippen LogP contribution in [-0.2, 0) is 4.74 Å². The van der Waals surface area contributed by atoms with Crippen molar-refractivity contribution < 1.29 is 19.8 Å². The molecule has 3 atom stereocenters. The molecule has 0 spiro atoms. The van der Waals surface area contributed by atoms with Crippen LogP contribution >= 0.6 is 11.8 Å². The van der Waals surface area contributed by atoms with Gasteiger partial charge in [-0.25, -0.2) is 4.79 Å². The Morgan fingerprint density at radius 2 is 2.38 bits per heavy atom. The van der Waals surface area contributed by atoms with Gasteiger partial charge in [0, 0.05) is 12.2 Å². The molecule has 1 aliphatic rings. The molecule has 0 bridgehead atoms. The molecule has 1 aliphatic heterocycles. The predicted octanol–water partition coefficient (Wildman–Crippen LogP) is -1.29. The number of thioether (sulfide) groups is 1. The van der Waals surface area contributed by atoms with Gasteiger partial charge in [-0.2, -0.15) is 0 Å². The van der Waals surface area contributed by atoms with Crippen LogP contribution in [0.2, 0.25) is 0 Å². The van der Waals surface area contributed by atoms with Gasteiger partial charge in [0.05, 0.1) is 23.8 Å². The SMILES string of the molecule is C=CCSc1cn(O[C@H]2CC(O)[C@@H](CO)O2)c(=O)[nH]c1=O. The van der Waals surface area contributed by atoms with Crippen molar-refractivity contribution in [2.45, 2.75) is 29.8 Å². The second-order valence-corrected chi connectivity index (χ2v) is 5.44. The molecule has 1 fully saturated rings. The first-order valence-corrected chi connectivity index (χ1v) is 7.25. The number of hydrogen-bond acceptors (Lipinski definition) is 7. The first-order chi connectivity index (χ1) is 10.0. The van der Waals surface area contributed by atoms with E-state index in [9.17, 15) is 14.7 Å². The summed E-state index contributed by atoms with van der Waals surface area (Å²) in [6.07, 6.45) is 0.514. The minimum atomic E-state index is -0.877. The highest BCUT2D eigenvalue weighted by molar-refractivity contribution is 7.99. The number of aliphatic hydroxyl groups is 2. The van der Waals surface area contributed by atoms with Gasteiger partial charge < -0.3 is 19.8 Å². The molecule has 1 unspecified atom stereocenters. The van der Waals surface area contributed by atoms with E-state index in [1.165, 1.54) is 18.0 Å². The average Bonchev–Trinajstić information content (AvgIpc) is 2.80. The van der Waals surface area contributed by atoms with Crippen LogP contribution in [-0.4, -0.2) is 50.8 Å². The lowest BCUT2D eigenvalue weighted by atomic mass is 10.2. The van der Waals surface area contributed by atoms with E-state index in [1.54, 1.807) is 6.08 Å². The lowest BCUT2D eigenvalue weighted by Gasteiger charge is -2.15. The number of H-pyrrole nitrogens is 1. The molecule has 3 N–H and O–H groups in total. The standard InChI is InChI=1S/C12H16N2O6S/c1-2-3-21-9-5-14(12(18)13-11(9)17)20-10-4-7(16)8(6-15)19-10/h2,5,7-8,10,15-16H,1,3-4,6H2,(H,13,17,18)/t7?,8-,10+/m1/s1. The second-order valence-electron chi connectivity index (χ2n) is 4.37. The van der Waals surface area contributed by atoms with Gasteiger partial charge >= 0.3 is 5.69 Å². The summed E-state index contributed by atoms with van der Waals surface area (Å²) in [4.78, 5) is 31.0. The minimum absolute atomic E-state index is 0.117. The van der Waals surface area contributed by atoms with Crippen molar-refractivity contribution in [1.29, 1.82) is 0 Å². The minimum Gasteiger partial charge on any atom is -0.394 e. The number of hydrogen-bond donors (Lipinski definition) is 3. The van der Waals surface area contributed by atoms with Gasteiger partial charge in [0.1, 0.15) is 6.10 Å². The fourth-order valence-corrected chi connectivity index (χ4v) is 2.47. The number of aliphatic hydroxyl groups excluding tert-OH is 2. The number of nitrogens with one attached hydrogen (secondary N) is 1. The highest BCUT2D eigenvalue weighted by Gasteiger charge is 2.35. The predicted molar refractivity (Wildman–Crippen MR) is 75.2 cm³/mol. The highest BCUT2D eigenvalue weighted by Crippen LogP contribution is 2.19. The van der Waals surface area contributed by atoms with Crippen molar-refractivity contribution >= 4 is 11.8 Å². The van der Waals surface area contributed by atoms with E-state index >= 15 is 0 Å². The number of aromatic nitrogens is 2. The number of aromatic amines is 1. The zero-order chi connectivity index (χ0) is 15.4. The molecule has 2 rings (SSSR count). The number of rotatable bonds is 6. The van der Waals surface area contributed by atoms with Crippen LogP contribution in [0.25, 0.3) is 0 Å².